The van der Waals surface area contributed by atoms with Crippen LogP contribution in [0.3, 0.4) is 0 Å². The van der Waals surface area contributed by atoms with Gasteiger partial charge in [0.1, 0.15) is 0 Å². The number of para-hydroxylation sites is 1. The summed E-state index contributed by atoms with van der Waals surface area (Å²) in [4.78, 5) is 10.1. The van der Waals surface area contributed by atoms with E-state index in [1.54, 1.807) is 0 Å². The zero-order chi connectivity index (χ0) is 32.8. The van der Waals surface area contributed by atoms with Crippen molar-refractivity contribution in [2.45, 2.75) is 0 Å². The maximum Gasteiger partial charge on any atom is 0.160 e. The number of anilines is 2. The fourth-order valence-corrected chi connectivity index (χ4v) is 6.17. The summed E-state index contributed by atoms with van der Waals surface area (Å²) in [5, 5.41) is 3.63. The Labute approximate surface area is 287 Å². The summed E-state index contributed by atoms with van der Waals surface area (Å²) in [6, 6.07) is 67.4. The molecule has 0 radical (unpaired) electrons. The first-order valence-corrected chi connectivity index (χ1v) is 16.5. The maximum atomic E-state index is 5.04. The van der Waals surface area contributed by atoms with Crippen LogP contribution >= 0.6 is 0 Å². The van der Waals surface area contributed by atoms with Crippen LogP contribution in [0.4, 0.5) is 11.4 Å². The number of rotatable bonds is 8. The van der Waals surface area contributed by atoms with E-state index in [2.05, 4.69) is 157 Å². The summed E-state index contributed by atoms with van der Waals surface area (Å²) >= 11 is 0. The molecule has 0 saturated carbocycles. The highest BCUT2D eigenvalue weighted by molar-refractivity contribution is 5.82. The van der Waals surface area contributed by atoms with Crippen LogP contribution in [0.2, 0.25) is 0 Å². The van der Waals surface area contributed by atoms with Crippen molar-refractivity contribution >= 4 is 11.4 Å². The Balaban J connectivity index is 1.08. The second-order valence-electron chi connectivity index (χ2n) is 12.0. The highest BCUT2D eigenvalue weighted by Gasteiger charge is 2.12. The number of benzene rings is 7. The fraction of sp³-hybridized carbons (Fsp3) is 0. The lowest BCUT2D eigenvalue weighted by Crippen LogP contribution is -1.96. The summed E-state index contributed by atoms with van der Waals surface area (Å²) < 4.78 is 0. The van der Waals surface area contributed by atoms with Gasteiger partial charge in [0.25, 0.3) is 0 Å². The van der Waals surface area contributed by atoms with Crippen molar-refractivity contribution in [3.8, 4) is 67.3 Å². The van der Waals surface area contributed by atoms with E-state index in [9.17, 15) is 0 Å². The topological polar surface area (TPSA) is 37.8 Å². The number of hydrogen-bond acceptors (Lipinski definition) is 3. The first kappa shape index (κ1) is 29.8. The number of hydrogen-bond donors (Lipinski definition) is 1. The Morgan fingerprint density at radius 3 is 1.35 bits per heavy atom. The van der Waals surface area contributed by atoms with E-state index in [0.29, 0.717) is 5.82 Å². The third-order valence-corrected chi connectivity index (χ3v) is 8.69. The van der Waals surface area contributed by atoms with Crippen molar-refractivity contribution in [3.05, 3.63) is 194 Å². The minimum Gasteiger partial charge on any atom is -0.355 e. The molecule has 8 rings (SSSR count). The van der Waals surface area contributed by atoms with E-state index in [4.69, 9.17) is 9.97 Å². The fourth-order valence-electron chi connectivity index (χ4n) is 6.17. The number of nitrogens with one attached hydrogen (secondary N) is 1. The van der Waals surface area contributed by atoms with Crippen molar-refractivity contribution < 1.29 is 0 Å². The molecular formula is C46H33N3. The highest BCUT2D eigenvalue weighted by atomic mass is 14.9. The van der Waals surface area contributed by atoms with Crippen LogP contribution in [-0.4, -0.2) is 9.97 Å². The molecule has 49 heavy (non-hydrogen) atoms. The molecule has 0 amide bonds. The molecular weight excluding hydrogens is 595 g/mol. The Morgan fingerprint density at radius 2 is 0.755 bits per heavy atom. The molecule has 0 spiro atoms. The van der Waals surface area contributed by atoms with Crippen molar-refractivity contribution in [2.24, 2.45) is 0 Å². The van der Waals surface area contributed by atoms with E-state index in [1.165, 1.54) is 11.1 Å². The lowest BCUT2D eigenvalue weighted by molar-refractivity contribution is 1.18. The summed E-state index contributed by atoms with van der Waals surface area (Å²) in [5.74, 6) is 0.704. The van der Waals surface area contributed by atoms with Crippen LogP contribution in [0, 0.1) is 0 Å². The van der Waals surface area contributed by atoms with Gasteiger partial charge in [-0.1, -0.05) is 158 Å². The molecule has 0 aliphatic heterocycles. The molecule has 0 atom stereocenters. The molecule has 0 unspecified atom stereocenters. The Kier molecular flexibility index (Phi) is 8.30. The third-order valence-electron chi connectivity index (χ3n) is 8.69. The van der Waals surface area contributed by atoms with E-state index in [0.717, 1.165) is 61.7 Å². The second kappa shape index (κ2) is 13.6. The van der Waals surface area contributed by atoms with Crippen molar-refractivity contribution in [2.75, 3.05) is 5.32 Å². The Hall–Kier alpha value is -6.58. The molecule has 232 valence electrons. The minimum atomic E-state index is 0.704. The molecule has 0 fully saturated rings. The van der Waals surface area contributed by atoms with Crippen LogP contribution in [0.1, 0.15) is 0 Å². The Morgan fingerprint density at radius 1 is 0.306 bits per heavy atom. The summed E-state index contributed by atoms with van der Waals surface area (Å²) in [6.45, 7) is 0. The lowest BCUT2D eigenvalue weighted by Gasteiger charge is -2.13. The predicted octanol–water partition coefficient (Wildman–Crippen LogP) is 12.2. The molecule has 1 N–H and O–H groups in total. The monoisotopic (exact) mass is 627 g/mol. The molecule has 0 aliphatic carbocycles. The number of aromatic nitrogens is 2. The van der Waals surface area contributed by atoms with Crippen molar-refractivity contribution in [1.82, 2.24) is 9.97 Å². The predicted molar refractivity (Wildman–Crippen MR) is 204 cm³/mol. The third kappa shape index (κ3) is 6.64. The van der Waals surface area contributed by atoms with Gasteiger partial charge in [0, 0.05) is 33.6 Å². The van der Waals surface area contributed by atoms with Gasteiger partial charge in [-0.15, -0.1) is 0 Å². The smallest absolute Gasteiger partial charge is 0.160 e. The van der Waals surface area contributed by atoms with Gasteiger partial charge in [-0.25, -0.2) is 9.97 Å². The van der Waals surface area contributed by atoms with Gasteiger partial charge in [0.2, 0.25) is 0 Å². The molecule has 7 aromatic carbocycles. The largest absolute Gasteiger partial charge is 0.355 e. The molecule has 0 bridgehead atoms. The van der Waals surface area contributed by atoms with Gasteiger partial charge in [-0.3, -0.25) is 0 Å². The van der Waals surface area contributed by atoms with Crippen LogP contribution in [0.25, 0.3) is 67.3 Å². The summed E-state index contributed by atoms with van der Waals surface area (Å²) in [7, 11) is 0. The van der Waals surface area contributed by atoms with E-state index < -0.39 is 0 Å². The van der Waals surface area contributed by atoms with Crippen molar-refractivity contribution in [1.29, 1.82) is 0 Å². The quantitative estimate of drug-likeness (QED) is 0.182. The van der Waals surface area contributed by atoms with Crippen LogP contribution in [0.15, 0.2) is 194 Å². The highest BCUT2D eigenvalue weighted by Crippen LogP contribution is 2.33. The molecule has 3 nitrogen and oxygen atoms in total. The standard InChI is InChI=1S/C46H33N3/c1-4-14-34(15-5-1)42-24-10-11-25-43(42)47-41-28-26-33(27-29-41)37-20-12-21-38(30-37)39-22-13-23-40(31-39)46-48-44(35-16-6-2-7-17-35)32-45(49-46)36-18-8-3-9-19-36/h1-32,47H. The van der Waals surface area contributed by atoms with Gasteiger partial charge in [-0.05, 0) is 64.2 Å². The average molecular weight is 628 g/mol. The van der Waals surface area contributed by atoms with Gasteiger partial charge < -0.3 is 5.32 Å². The van der Waals surface area contributed by atoms with Crippen molar-refractivity contribution in [3.63, 3.8) is 0 Å². The van der Waals surface area contributed by atoms with Gasteiger partial charge in [0.05, 0.1) is 11.4 Å². The molecule has 3 heteroatoms. The average Bonchev–Trinajstić information content (AvgIpc) is 3.19. The van der Waals surface area contributed by atoms with Crippen LogP contribution in [-0.2, 0) is 0 Å². The van der Waals surface area contributed by atoms with E-state index in [-0.39, 0.29) is 0 Å². The SMILES string of the molecule is c1ccc(-c2cc(-c3ccccc3)nc(-c3cccc(-c4cccc(-c5ccc(Nc6ccccc6-c6ccccc6)cc5)c4)c3)n2)cc1. The van der Waals surface area contributed by atoms with E-state index >= 15 is 0 Å². The Bertz CT molecular complexity index is 2270. The van der Waals surface area contributed by atoms with Gasteiger partial charge in [-0.2, -0.15) is 0 Å². The minimum absolute atomic E-state index is 0.704. The number of nitrogens with zero attached hydrogens (tertiary/aromatic N) is 2. The second-order valence-corrected chi connectivity index (χ2v) is 12.0. The molecule has 1 aromatic heterocycles. The summed E-state index contributed by atoms with van der Waals surface area (Å²) in [6.07, 6.45) is 0. The first-order chi connectivity index (χ1) is 24.3. The van der Waals surface area contributed by atoms with Gasteiger partial charge in [0.15, 0.2) is 5.82 Å². The maximum absolute atomic E-state index is 5.04. The molecule has 0 aliphatic rings. The zero-order valence-corrected chi connectivity index (χ0v) is 26.9. The zero-order valence-electron chi connectivity index (χ0n) is 26.9. The molecule has 1 heterocycles. The lowest BCUT2D eigenvalue weighted by atomic mass is 9.97. The molecule has 0 saturated heterocycles. The van der Waals surface area contributed by atoms with Gasteiger partial charge >= 0.3 is 0 Å². The first-order valence-electron chi connectivity index (χ1n) is 16.5. The van der Waals surface area contributed by atoms with E-state index in [1.807, 2.05) is 42.5 Å². The van der Waals surface area contributed by atoms with Crippen LogP contribution < -0.4 is 5.32 Å². The normalized spacial score (nSPS) is 10.9. The summed E-state index contributed by atoms with van der Waals surface area (Å²) in [5.41, 5.74) is 14.0. The van der Waals surface area contributed by atoms with Crippen LogP contribution in [0.5, 0.6) is 0 Å². The molecule has 8 aromatic rings.